The molecule has 3 aromatic rings. The average Bonchev–Trinajstić information content (AvgIpc) is 3.26. The number of rotatable bonds is 10. The second-order valence-corrected chi connectivity index (χ2v) is 8.73. The molecular weight excluding hydrogens is 420 g/mol. The van der Waals surface area contributed by atoms with Gasteiger partial charge in [-0.3, -0.25) is 10.1 Å². The molecule has 0 aliphatic rings. The molecule has 3 rings (SSSR count). The van der Waals surface area contributed by atoms with E-state index in [0.717, 1.165) is 17.2 Å². The monoisotopic (exact) mass is 444 g/mol. The summed E-state index contributed by atoms with van der Waals surface area (Å²) in [6.07, 6.45) is 3.11. The van der Waals surface area contributed by atoms with Crippen molar-refractivity contribution in [2.75, 3.05) is 18.4 Å². The minimum atomic E-state index is -3.78. The first-order chi connectivity index (χ1) is 14.8. The predicted molar refractivity (Wildman–Crippen MR) is 116 cm³/mol. The largest absolute Gasteiger partial charge is 0.375 e. The van der Waals surface area contributed by atoms with Crippen molar-refractivity contribution in [1.29, 1.82) is 0 Å². The van der Waals surface area contributed by atoms with E-state index in [1.807, 2.05) is 24.3 Å². The molecule has 1 aromatic heterocycles. The highest BCUT2D eigenvalue weighted by molar-refractivity contribution is 7.89. The van der Waals surface area contributed by atoms with E-state index in [2.05, 4.69) is 15.4 Å². The number of nitro groups is 1. The Balaban J connectivity index is 1.75. The van der Waals surface area contributed by atoms with Crippen molar-refractivity contribution in [3.05, 3.63) is 76.4 Å². The summed E-state index contributed by atoms with van der Waals surface area (Å²) in [6.45, 7) is 4.98. The average molecular weight is 445 g/mol. The molecule has 0 aliphatic heterocycles. The maximum atomic E-state index is 12.7. The molecule has 0 saturated heterocycles. The van der Waals surface area contributed by atoms with E-state index in [4.69, 9.17) is 0 Å². The number of hydrogen-bond donors (Lipinski definition) is 1. The van der Waals surface area contributed by atoms with Crippen molar-refractivity contribution in [1.82, 2.24) is 19.1 Å². The van der Waals surface area contributed by atoms with Gasteiger partial charge in [0.1, 0.15) is 18.3 Å². The molecule has 0 atom stereocenters. The number of anilines is 1. The summed E-state index contributed by atoms with van der Waals surface area (Å²) >= 11 is 0. The standard InChI is InChI=1S/C20H24N6O4S/c1-3-25(4-2)31(29,30)18-9-10-19(20(11-18)26(27)28)22-12-16-5-7-17(8-6-16)13-24-15-21-14-23-24/h5-11,14-15,22H,3-4,12-13H2,1-2H3. The van der Waals surface area contributed by atoms with Crippen molar-refractivity contribution in [2.45, 2.75) is 31.8 Å². The first kappa shape index (κ1) is 22.4. The van der Waals surface area contributed by atoms with E-state index in [0.29, 0.717) is 26.2 Å². The van der Waals surface area contributed by atoms with Crippen LogP contribution in [0.15, 0.2) is 60.0 Å². The van der Waals surface area contributed by atoms with Gasteiger partial charge in [-0.05, 0) is 23.3 Å². The van der Waals surface area contributed by atoms with Gasteiger partial charge in [-0.1, -0.05) is 38.1 Å². The maximum absolute atomic E-state index is 12.7. The lowest BCUT2D eigenvalue weighted by Gasteiger charge is -2.18. The van der Waals surface area contributed by atoms with Gasteiger partial charge in [-0.2, -0.15) is 9.40 Å². The summed E-state index contributed by atoms with van der Waals surface area (Å²) in [7, 11) is -3.78. The topological polar surface area (TPSA) is 123 Å². The fraction of sp³-hybridized carbons (Fsp3) is 0.300. The summed E-state index contributed by atoms with van der Waals surface area (Å²) in [4.78, 5) is 14.8. The molecule has 164 valence electrons. The van der Waals surface area contributed by atoms with Gasteiger partial charge in [0, 0.05) is 25.7 Å². The van der Waals surface area contributed by atoms with Crippen LogP contribution in [0.25, 0.3) is 0 Å². The van der Waals surface area contributed by atoms with E-state index in [-0.39, 0.29) is 16.3 Å². The number of sulfonamides is 1. The van der Waals surface area contributed by atoms with E-state index >= 15 is 0 Å². The van der Waals surface area contributed by atoms with Gasteiger partial charge in [0.25, 0.3) is 5.69 Å². The van der Waals surface area contributed by atoms with Crippen LogP contribution in [0.1, 0.15) is 25.0 Å². The Morgan fingerprint density at radius 3 is 2.35 bits per heavy atom. The summed E-state index contributed by atoms with van der Waals surface area (Å²) in [5.74, 6) is 0. The van der Waals surface area contributed by atoms with Crippen molar-refractivity contribution >= 4 is 21.4 Å². The van der Waals surface area contributed by atoms with Gasteiger partial charge in [-0.25, -0.2) is 18.1 Å². The van der Waals surface area contributed by atoms with Crippen molar-refractivity contribution in [2.24, 2.45) is 0 Å². The van der Waals surface area contributed by atoms with Gasteiger partial charge in [0.2, 0.25) is 10.0 Å². The Morgan fingerprint density at radius 1 is 1.10 bits per heavy atom. The quantitative estimate of drug-likeness (QED) is 0.377. The molecule has 0 aliphatic carbocycles. The molecule has 10 nitrogen and oxygen atoms in total. The number of aromatic nitrogens is 3. The first-order valence-corrected chi connectivity index (χ1v) is 11.2. The molecule has 2 aromatic carbocycles. The summed E-state index contributed by atoms with van der Waals surface area (Å²) in [5.41, 5.74) is 1.95. The highest BCUT2D eigenvalue weighted by Gasteiger charge is 2.25. The third-order valence-electron chi connectivity index (χ3n) is 4.83. The van der Waals surface area contributed by atoms with E-state index in [9.17, 15) is 18.5 Å². The Morgan fingerprint density at radius 2 is 1.77 bits per heavy atom. The molecular formula is C20H24N6O4S. The molecule has 1 heterocycles. The molecule has 1 N–H and O–H groups in total. The second-order valence-electron chi connectivity index (χ2n) is 6.79. The van der Waals surface area contributed by atoms with Crippen LogP contribution in [-0.4, -0.2) is 45.5 Å². The molecule has 0 bridgehead atoms. The predicted octanol–water partition coefficient (Wildman–Crippen LogP) is 2.88. The molecule has 0 fully saturated rings. The van der Waals surface area contributed by atoms with Gasteiger partial charge < -0.3 is 5.32 Å². The Labute approximate surface area is 180 Å². The van der Waals surface area contributed by atoms with E-state index < -0.39 is 14.9 Å². The van der Waals surface area contributed by atoms with Crippen LogP contribution in [0.3, 0.4) is 0 Å². The van der Waals surface area contributed by atoms with Crippen LogP contribution in [-0.2, 0) is 23.1 Å². The molecule has 31 heavy (non-hydrogen) atoms. The Bertz CT molecular complexity index is 1130. The van der Waals surface area contributed by atoms with Gasteiger partial charge in [-0.15, -0.1) is 0 Å². The molecule has 0 saturated carbocycles. The fourth-order valence-corrected chi connectivity index (χ4v) is 4.62. The third-order valence-corrected chi connectivity index (χ3v) is 6.87. The lowest BCUT2D eigenvalue weighted by molar-refractivity contribution is -0.384. The summed E-state index contributed by atoms with van der Waals surface area (Å²) < 4.78 is 28.3. The first-order valence-electron chi connectivity index (χ1n) is 9.77. The lowest BCUT2D eigenvalue weighted by atomic mass is 10.1. The zero-order valence-corrected chi connectivity index (χ0v) is 18.1. The number of benzene rings is 2. The summed E-state index contributed by atoms with van der Waals surface area (Å²) in [6, 6.07) is 11.7. The van der Waals surface area contributed by atoms with Crippen molar-refractivity contribution in [3.8, 4) is 0 Å². The smallest absolute Gasteiger partial charge is 0.293 e. The number of nitro benzene ring substituents is 1. The van der Waals surface area contributed by atoms with Crippen LogP contribution in [0.2, 0.25) is 0 Å². The van der Waals surface area contributed by atoms with Crippen LogP contribution in [0, 0.1) is 10.1 Å². The SMILES string of the molecule is CCN(CC)S(=O)(=O)c1ccc(NCc2ccc(Cn3cncn3)cc2)c([N+](=O)[O-])c1. The molecule has 11 heteroatoms. The van der Waals surface area contributed by atoms with Crippen LogP contribution in [0.5, 0.6) is 0 Å². The molecule has 0 amide bonds. The van der Waals surface area contributed by atoms with E-state index in [1.54, 1.807) is 24.9 Å². The Kier molecular flexibility index (Phi) is 6.98. The summed E-state index contributed by atoms with van der Waals surface area (Å²) in [5, 5.41) is 18.7. The van der Waals surface area contributed by atoms with Gasteiger partial charge in [0.15, 0.2) is 0 Å². The van der Waals surface area contributed by atoms with Crippen LogP contribution >= 0.6 is 0 Å². The third kappa shape index (κ3) is 5.25. The van der Waals surface area contributed by atoms with Crippen molar-refractivity contribution in [3.63, 3.8) is 0 Å². The van der Waals surface area contributed by atoms with Crippen LogP contribution < -0.4 is 5.32 Å². The normalized spacial score (nSPS) is 11.6. The number of nitrogens with one attached hydrogen (secondary N) is 1. The zero-order chi connectivity index (χ0) is 22.4. The minimum absolute atomic E-state index is 0.0917. The fourth-order valence-electron chi connectivity index (χ4n) is 3.15. The van der Waals surface area contributed by atoms with E-state index in [1.165, 1.54) is 22.8 Å². The maximum Gasteiger partial charge on any atom is 0.293 e. The van der Waals surface area contributed by atoms with Gasteiger partial charge >= 0.3 is 0 Å². The Hall–Kier alpha value is -3.31. The molecule has 0 spiro atoms. The molecule has 0 radical (unpaired) electrons. The number of hydrogen-bond acceptors (Lipinski definition) is 7. The van der Waals surface area contributed by atoms with Crippen LogP contribution in [0.4, 0.5) is 11.4 Å². The van der Waals surface area contributed by atoms with Crippen molar-refractivity contribution < 1.29 is 13.3 Å². The molecule has 0 unspecified atom stereocenters. The second kappa shape index (κ2) is 9.67. The van der Waals surface area contributed by atoms with Gasteiger partial charge in [0.05, 0.1) is 16.4 Å². The lowest BCUT2D eigenvalue weighted by Crippen LogP contribution is -2.30. The minimum Gasteiger partial charge on any atom is -0.375 e. The highest BCUT2D eigenvalue weighted by atomic mass is 32.2. The highest BCUT2D eigenvalue weighted by Crippen LogP contribution is 2.29. The zero-order valence-electron chi connectivity index (χ0n) is 17.3. The number of nitrogens with zero attached hydrogens (tertiary/aromatic N) is 5.